The fraction of sp³-hybridized carbons (Fsp3) is 0.400. The molecule has 19 heavy (non-hydrogen) atoms. The molecule has 1 fully saturated rings. The van der Waals surface area contributed by atoms with Gasteiger partial charge in [-0.2, -0.15) is 0 Å². The number of carbonyl (C=O) groups excluding carboxylic acids is 3. The summed E-state index contributed by atoms with van der Waals surface area (Å²) >= 11 is 0. The maximum Gasteiger partial charge on any atom is 0.316 e. The number of hydrogen-bond donors (Lipinski definition) is 0. The summed E-state index contributed by atoms with van der Waals surface area (Å²) in [6.07, 6.45) is 1.32. The highest BCUT2D eigenvalue weighted by Crippen LogP contribution is 2.32. The van der Waals surface area contributed by atoms with Gasteiger partial charge in [0.25, 0.3) is 0 Å². The van der Waals surface area contributed by atoms with Gasteiger partial charge in [0.2, 0.25) is 0 Å². The van der Waals surface area contributed by atoms with Gasteiger partial charge in [0.15, 0.2) is 5.78 Å². The topological polar surface area (TPSA) is 60.4 Å². The van der Waals surface area contributed by atoms with Crippen LogP contribution in [0.5, 0.6) is 0 Å². The van der Waals surface area contributed by atoms with Crippen molar-refractivity contribution in [3.63, 3.8) is 0 Å². The lowest BCUT2D eigenvalue weighted by Crippen LogP contribution is -2.31. The van der Waals surface area contributed by atoms with Gasteiger partial charge in [-0.05, 0) is 12.3 Å². The van der Waals surface area contributed by atoms with Crippen LogP contribution in [-0.2, 0) is 14.3 Å². The Kier molecular flexibility index (Phi) is 4.10. The Balaban J connectivity index is 2.25. The normalized spacial score (nSPS) is 20.1. The third kappa shape index (κ3) is 2.89. The smallest absolute Gasteiger partial charge is 0.316 e. The molecule has 0 amide bonds. The van der Waals surface area contributed by atoms with Crippen LogP contribution in [0.4, 0.5) is 0 Å². The summed E-state index contributed by atoms with van der Waals surface area (Å²) in [5.41, 5.74) is 0.484. The molecule has 0 aromatic heterocycles. The monoisotopic (exact) mass is 260 g/mol. The largest absolute Gasteiger partial charge is 0.468 e. The van der Waals surface area contributed by atoms with Crippen molar-refractivity contribution in [3.05, 3.63) is 35.9 Å². The first-order valence-corrected chi connectivity index (χ1v) is 6.32. The Morgan fingerprint density at radius 3 is 2.47 bits per heavy atom. The SMILES string of the molecule is COC(=O)C(C(=O)c1ccccc1)[C@H]1CCC(=O)C1. The molecule has 1 aliphatic carbocycles. The molecule has 0 N–H and O–H groups in total. The Labute approximate surface area is 111 Å². The number of benzene rings is 1. The molecule has 1 aromatic rings. The molecule has 2 atom stereocenters. The standard InChI is InChI=1S/C15H16O4/c1-19-15(18)13(11-7-8-12(16)9-11)14(17)10-5-3-2-4-6-10/h2-6,11,13H,7-9H2,1H3/t11-,13?/m0/s1. The van der Waals surface area contributed by atoms with Crippen LogP contribution in [0.3, 0.4) is 0 Å². The second-order valence-electron chi connectivity index (χ2n) is 4.77. The lowest BCUT2D eigenvalue weighted by molar-refractivity contribution is -0.145. The van der Waals surface area contributed by atoms with Gasteiger partial charge in [-0.15, -0.1) is 0 Å². The van der Waals surface area contributed by atoms with E-state index < -0.39 is 11.9 Å². The van der Waals surface area contributed by atoms with Crippen LogP contribution < -0.4 is 0 Å². The summed E-state index contributed by atoms with van der Waals surface area (Å²) < 4.78 is 4.73. The summed E-state index contributed by atoms with van der Waals surface area (Å²) in [5, 5.41) is 0. The number of methoxy groups -OCH3 is 1. The zero-order valence-corrected chi connectivity index (χ0v) is 10.8. The highest BCUT2D eigenvalue weighted by Gasteiger charge is 2.39. The van der Waals surface area contributed by atoms with Crippen LogP contribution in [0, 0.1) is 11.8 Å². The van der Waals surface area contributed by atoms with Gasteiger partial charge in [0, 0.05) is 18.4 Å². The molecule has 0 heterocycles. The minimum absolute atomic E-state index is 0.111. The Hall–Kier alpha value is -1.97. The number of Topliss-reactive ketones (excluding diaryl/α,β-unsaturated/α-hetero) is 2. The Morgan fingerprint density at radius 1 is 1.26 bits per heavy atom. The molecule has 1 aliphatic rings. The number of carbonyl (C=O) groups is 3. The van der Waals surface area contributed by atoms with Crippen molar-refractivity contribution in [2.45, 2.75) is 19.3 Å². The predicted octanol–water partition coefficient (Wildman–Crippen LogP) is 2.03. The highest BCUT2D eigenvalue weighted by atomic mass is 16.5. The molecule has 0 radical (unpaired) electrons. The molecule has 1 aromatic carbocycles. The summed E-state index contributed by atoms with van der Waals surface area (Å²) in [5.74, 6) is -1.79. The van der Waals surface area contributed by atoms with Crippen molar-refractivity contribution < 1.29 is 19.1 Å². The number of ether oxygens (including phenoxy) is 1. The molecule has 4 nitrogen and oxygen atoms in total. The molecule has 2 rings (SSSR count). The summed E-state index contributed by atoms with van der Waals surface area (Å²) in [6, 6.07) is 8.66. The highest BCUT2D eigenvalue weighted by molar-refractivity contribution is 6.09. The maximum atomic E-state index is 12.4. The number of ketones is 2. The van der Waals surface area contributed by atoms with E-state index >= 15 is 0 Å². The summed E-state index contributed by atoms with van der Waals surface area (Å²) in [6.45, 7) is 0. The van der Waals surface area contributed by atoms with E-state index in [2.05, 4.69) is 0 Å². The average Bonchev–Trinajstić information content (AvgIpc) is 2.86. The van der Waals surface area contributed by atoms with Crippen molar-refractivity contribution in [1.29, 1.82) is 0 Å². The molecule has 0 saturated heterocycles. The molecular formula is C15H16O4. The summed E-state index contributed by atoms with van der Waals surface area (Å²) in [4.78, 5) is 35.7. The van der Waals surface area contributed by atoms with Crippen LogP contribution in [0.2, 0.25) is 0 Å². The van der Waals surface area contributed by atoms with Crippen molar-refractivity contribution in [3.8, 4) is 0 Å². The van der Waals surface area contributed by atoms with Gasteiger partial charge >= 0.3 is 5.97 Å². The fourth-order valence-electron chi connectivity index (χ4n) is 2.55. The van der Waals surface area contributed by atoms with Gasteiger partial charge in [-0.25, -0.2) is 0 Å². The van der Waals surface area contributed by atoms with Gasteiger partial charge in [0.05, 0.1) is 7.11 Å². The van der Waals surface area contributed by atoms with Crippen molar-refractivity contribution >= 4 is 17.5 Å². The van der Waals surface area contributed by atoms with E-state index in [0.717, 1.165) is 0 Å². The van der Waals surface area contributed by atoms with Crippen LogP contribution in [0.15, 0.2) is 30.3 Å². The first-order chi connectivity index (χ1) is 9.13. The second-order valence-corrected chi connectivity index (χ2v) is 4.77. The molecule has 0 spiro atoms. The van der Waals surface area contributed by atoms with Gasteiger partial charge in [0.1, 0.15) is 11.7 Å². The molecule has 0 aliphatic heterocycles. The van der Waals surface area contributed by atoms with Crippen LogP contribution in [0.1, 0.15) is 29.6 Å². The Morgan fingerprint density at radius 2 is 1.95 bits per heavy atom. The van der Waals surface area contributed by atoms with Crippen LogP contribution in [0.25, 0.3) is 0 Å². The zero-order valence-electron chi connectivity index (χ0n) is 10.8. The van der Waals surface area contributed by atoms with Crippen LogP contribution >= 0.6 is 0 Å². The van der Waals surface area contributed by atoms with E-state index in [1.165, 1.54) is 7.11 Å². The van der Waals surface area contributed by atoms with Gasteiger partial charge < -0.3 is 4.74 Å². The lowest BCUT2D eigenvalue weighted by Gasteiger charge is -2.19. The number of hydrogen-bond acceptors (Lipinski definition) is 4. The average molecular weight is 260 g/mol. The minimum atomic E-state index is -0.862. The minimum Gasteiger partial charge on any atom is -0.468 e. The maximum absolute atomic E-state index is 12.4. The third-order valence-electron chi connectivity index (χ3n) is 3.55. The molecule has 100 valence electrons. The second kappa shape index (κ2) is 5.78. The summed E-state index contributed by atoms with van der Waals surface area (Å²) in [7, 11) is 1.27. The van der Waals surface area contributed by atoms with E-state index in [1.54, 1.807) is 24.3 Å². The quantitative estimate of drug-likeness (QED) is 0.472. The Bertz CT molecular complexity index is 492. The molecular weight excluding hydrogens is 244 g/mol. The van der Waals surface area contributed by atoms with E-state index in [-0.39, 0.29) is 17.5 Å². The predicted molar refractivity (Wildman–Crippen MR) is 68.6 cm³/mol. The van der Waals surface area contributed by atoms with E-state index in [0.29, 0.717) is 24.8 Å². The van der Waals surface area contributed by atoms with Crippen molar-refractivity contribution in [2.75, 3.05) is 7.11 Å². The van der Waals surface area contributed by atoms with Crippen LogP contribution in [-0.4, -0.2) is 24.6 Å². The van der Waals surface area contributed by atoms with E-state index in [9.17, 15) is 14.4 Å². The van der Waals surface area contributed by atoms with Gasteiger partial charge in [-0.1, -0.05) is 30.3 Å². The fourth-order valence-corrected chi connectivity index (χ4v) is 2.55. The first-order valence-electron chi connectivity index (χ1n) is 6.32. The van der Waals surface area contributed by atoms with E-state index in [1.807, 2.05) is 6.07 Å². The first kappa shape index (κ1) is 13.5. The van der Waals surface area contributed by atoms with Gasteiger partial charge in [-0.3, -0.25) is 14.4 Å². The zero-order chi connectivity index (χ0) is 13.8. The molecule has 1 saturated carbocycles. The van der Waals surface area contributed by atoms with Crippen molar-refractivity contribution in [1.82, 2.24) is 0 Å². The third-order valence-corrected chi connectivity index (χ3v) is 3.55. The van der Waals surface area contributed by atoms with Crippen molar-refractivity contribution in [2.24, 2.45) is 11.8 Å². The molecule has 4 heteroatoms. The molecule has 0 bridgehead atoms. The van der Waals surface area contributed by atoms with E-state index in [4.69, 9.17) is 4.74 Å². The molecule has 1 unspecified atom stereocenters. The lowest BCUT2D eigenvalue weighted by atomic mass is 9.84. The number of esters is 1. The number of rotatable bonds is 4.